The molecule has 0 aromatic rings. The maximum atomic E-state index is 12.9. The first-order chi connectivity index (χ1) is 30.2. The van der Waals surface area contributed by atoms with Crippen LogP contribution in [-0.4, -0.2) is 195 Å². The first-order valence-electron chi connectivity index (χ1n) is 21.8. The summed E-state index contributed by atoms with van der Waals surface area (Å²) in [5.41, 5.74) is -1.49. The second-order valence-corrected chi connectivity index (χ2v) is 17.9. The second-order valence-electron chi connectivity index (χ2n) is 17.9. The van der Waals surface area contributed by atoms with Crippen LogP contribution in [0.3, 0.4) is 0 Å². The maximum absolute atomic E-state index is 12.9. The molecule has 65 heavy (non-hydrogen) atoms. The molecule has 0 radical (unpaired) electrons. The zero-order chi connectivity index (χ0) is 49.5. The minimum atomic E-state index is -2.27. The number of hydrogen-bond acceptors (Lipinski definition) is 19. The van der Waals surface area contributed by atoms with Gasteiger partial charge < -0.3 is 83.7 Å². The second kappa shape index (κ2) is 26.8. The molecule has 18 atom stereocenters. The largest absolute Gasteiger partial charge is 0.479 e. The minimum absolute atomic E-state index is 0.0318. The number of methoxy groups -OCH3 is 1. The molecular weight excluding hydrogens is 862 g/mol. The van der Waals surface area contributed by atoms with Gasteiger partial charge in [0.2, 0.25) is 0 Å². The lowest BCUT2D eigenvalue weighted by Gasteiger charge is -2.50. The third kappa shape index (κ3) is 17.6. The number of aldehydes is 1. The number of carbonyl (C=O) groups is 5. The Morgan fingerprint density at radius 3 is 2.08 bits per heavy atom. The quantitative estimate of drug-likeness (QED) is 0.0859. The van der Waals surface area contributed by atoms with E-state index in [2.05, 4.69) is 0 Å². The van der Waals surface area contributed by atoms with Gasteiger partial charge in [-0.25, -0.2) is 9.59 Å². The number of likely N-dealkylation sites (N-methyl/N-ethyl adjacent to an activating group) is 1. The third-order valence-electron chi connectivity index (χ3n) is 11.4. The van der Waals surface area contributed by atoms with Crippen molar-refractivity contribution in [1.82, 2.24) is 4.90 Å². The number of nitrogens with zero attached hydrogens (tertiary/aromatic N) is 1. The smallest absolute Gasteiger partial charge is 0.335 e. The van der Waals surface area contributed by atoms with E-state index in [-0.39, 0.29) is 37.5 Å². The number of ether oxygens (including phenoxy) is 7. The van der Waals surface area contributed by atoms with Gasteiger partial charge in [0.05, 0.1) is 43.0 Å². The summed E-state index contributed by atoms with van der Waals surface area (Å²) in [6.07, 6.45) is -8.46. The Labute approximate surface area is 380 Å². The van der Waals surface area contributed by atoms with Gasteiger partial charge in [-0.1, -0.05) is 45.1 Å². The molecule has 2 saturated heterocycles. The van der Waals surface area contributed by atoms with Crippen molar-refractivity contribution >= 4 is 30.2 Å². The highest BCUT2D eigenvalue weighted by molar-refractivity contribution is 5.83. The molecule has 8 N–H and O–H groups in total. The Balaban J connectivity index is 0.00000129. The molecule has 21 heteroatoms. The zero-order valence-electron chi connectivity index (χ0n) is 38.9. The van der Waals surface area contributed by atoms with Gasteiger partial charge in [0.25, 0.3) is 0 Å². The SMILES string of the molecule is COC1C(OC2OC(C)C(OC3CC(C)(O)C(OC(=O)CC(C)C)C(C)O3)C(N(C)C)C2O)[C@@H](CC=O)C[C@@H](C)C(O)/C=C/C=C/C[C@@H](C)OC(=O)C[C@H]1O.O=C(O)C(O)C(O)C(=O)O. The Morgan fingerprint density at radius 2 is 1.55 bits per heavy atom. The molecule has 0 aromatic carbocycles. The maximum Gasteiger partial charge on any atom is 0.335 e. The van der Waals surface area contributed by atoms with E-state index in [0.717, 1.165) is 6.29 Å². The van der Waals surface area contributed by atoms with E-state index < -0.39 is 134 Å². The Bertz CT molecular complexity index is 1550. The van der Waals surface area contributed by atoms with Crippen LogP contribution in [-0.2, 0) is 57.1 Å². The summed E-state index contributed by atoms with van der Waals surface area (Å²) in [5.74, 6) is -5.57. The van der Waals surface area contributed by atoms with E-state index in [1.54, 1.807) is 64.9 Å². The molecule has 3 aliphatic rings. The van der Waals surface area contributed by atoms with E-state index in [4.69, 9.17) is 53.6 Å². The normalized spacial score (nSPS) is 38.3. The number of hydrogen-bond donors (Lipinski definition) is 8. The average molecular weight is 936 g/mol. The fourth-order valence-electron chi connectivity index (χ4n) is 8.05. The van der Waals surface area contributed by atoms with Crippen molar-refractivity contribution in [3.8, 4) is 0 Å². The summed E-state index contributed by atoms with van der Waals surface area (Å²) in [6, 6.07) is -0.753. The summed E-state index contributed by atoms with van der Waals surface area (Å²) in [5, 5.41) is 78.3. The lowest BCUT2D eigenvalue weighted by molar-refractivity contribution is -0.344. The van der Waals surface area contributed by atoms with Crippen molar-refractivity contribution < 1.29 is 98.0 Å². The van der Waals surface area contributed by atoms with Crippen LogP contribution in [0.25, 0.3) is 0 Å². The van der Waals surface area contributed by atoms with E-state index in [0.29, 0.717) is 6.42 Å². The standard InChI is InChI=1S/C40H67NO14.C4H6O6/c1-22(2)18-30(45)53-38-26(6)51-32(21-40(38,7)48)54-35-25(5)52-39(34(47)33(35)41(8)9)55-36-27(16-17-42)19-23(3)28(43)15-13-11-12-14-24(4)50-31(46)20-29(44)37(36)49-10;5-1(3(7)8)2(6)4(9)10/h11-13,15,17,22-29,32-39,43-44,47-48H,14,16,18-21H2,1-10H3;1-2,5-6H,(H,7,8)(H,9,10)/b12-11+,15-13+;/t23-,24-,25?,26?,27+,28?,29-,32?,33?,34?,35?,36?,37?,38?,39?,40?;/m1./s1. The van der Waals surface area contributed by atoms with Crippen LogP contribution < -0.4 is 0 Å². The van der Waals surface area contributed by atoms with Gasteiger partial charge in [0, 0.05) is 32.8 Å². The van der Waals surface area contributed by atoms with Crippen molar-refractivity contribution in [1.29, 1.82) is 0 Å². The van der Waals surface area contributed by atoms with Crippen molar-refractivity contribution in [2.45, 2.75) is 184 Å². The third-order valence-corrected chi connectivity index (χ3v) is 11.4. The summed E-state index contributed by atoms with van der Waals surface area (Å²) < 4.78 is 42.4. The number of esters is 2. The molecule has 3 rings (SSSR count). The molecule has 0 amide bonds. The molecule has 0 saturated carbocycles. The fourth-order valence-corrected chi connectivity index (χ4v) is 8.05. The van der Waals surface area contributed by atoms with Gasteiger partial charge >= 0.3 is 23.9 Å². The van der Waals surface area contributed by atoms with Crippen LogP contribution in [0, 0.1) is 17.8 Å². The van der Waals surface area contributed by atoms with Crippen molar-refractivity contribution in [2.75, 3.05) is 21.2 Å². The zero-order valence-corrected chi connectivity index (χ0v) is 38.9. The van der Waals surface area contributed by atoms with Gasteiger partial charge in [-0.2, -0.15) is 0 Å². The first-order valence-corrected chi connectivity index (χ1v) is 21.8. The molecule has 3 aliphatic heterocycles. The molecule has 21 nitrogen and oxygen atoms in total. The van der Waals surface area contributed by atoms with Crippen LogP contribution in [0.4, 0.5) is 0 Å². The number of allylic oxidation sites excluding steroid dienone is 2. The van der Waals surface area contributed by atoms with Gasteiger partial charge in [-0.05, 0) is 66.0 Å². The number of aliphatic carboxylic acids is 2. The lowest BCUT2D eigenvalue weighted by atomic mass is 9.82. The number of carboxylic acids is 2. The molecule has 2 fully saturated rings. The molecule has 0 bridgehead atoms. The molecule has 14 unspecified atom stereocenters. The van der Waals surface area contributed by atoms with E-state index >= 15 is 0 Å². The predicted octanol–water partition coefficient (Wildman–Crippen LogP) is 0.320. The highest BCUT2D eigenvalue weighted by Crippen LogP contribution is 2.37. The molecule has 0 spiro atoms. The number of rotatable bonds is 14. The van der Waals surface area contributed by atoms with Crippen LogP contribution in [0.1, 0.15) is 87.0 Å². The number of aliphatic hydroxyl groups is 6. The van der Waals surface area contributed by atoms with Gasteiger partial charge in [0.15, 0.2) is 30.9 Å². The van der Waals surface area contributed by atoms with Crippen LogP contribution >= 0.6 is 0 Å². The van der Waals surface area contributed by atoms with Crippen LogP contribution in [0.5, 0.6) is 0 Å². The Hall–Kier alpha value is -3.45. The van der Waals surface area contributed by atoms with Crippen molar-refractivity contribution in [3.05, 3.63) is 24.3 Å². The summed E-state index contributed by atoms with van der Waals surface area (Å²) in [6.45, 7) is 12.4. The molecule has 0 aromatic heterocycles. The lowest BCUT2D eigenvalue weighted by Crippen LogP contribution is -2.66. The van der Waals surface area contributed by atoms with Crippen molar-refractivity contribution in [2.24, 2.45) is 17.8 Å². The van der Waals surface area contributed by atoms with E-state index in [9.17, 15) is 44.4 Å². The van der Waals surface area contributed by atoms with Gasteiger partial charge in [-0.3, -0.25) is 9.59 Å². The average Bonchev–Trinajstić information content (AvgIpc) is 3.19. The fraction of sp³-hybridized carbons (Fsp3) is 0.795. The number of aliphatic hydroxyl groups excluding tert-OH is 5. The molecular formula is C44H73NO20. The number of carboxylic acid groups (broad SMARTS) is 2. The summed E-state index contributed by atoms with van der Waals surface area (Å²) >= 11 is 0. The first kappa shape index (κ1) is 57.7. The van der Waals surface area contributed by atoms with Gasteiger partial charge in [0.1, 0.15) is 36.3 Å². The number of cyclic esters (lactones) is 1. The topological polar surface area (TPSA) is 315 Å². The summed E-state index contributed by atoms with van der Waals surface area (Å²) in [4.78, 5) is 58.8. The Morgan fingerprint density at radius 1 is 0.938 bits per heavy atom. The monoisotopic (exact) mass is 935 g/mol. The van der Waals surface area contributed by atoms with E-state index in [1.807, 2.05) is 26.8 Å². The van der Waals surface area contributed by atoms with E-state index in [1.165, 1.54) is 7.11 Å². The predicted molar refractivity (Wildman–Crippen MR) is 228 cm³/mol. The van der Waals surface area contributed by atoms with Crippen LogP contribution in [0.15, 0.2) is 24.3 Å². The highest BCUT2D eigenvalue weighted by atomic mass is 16.7. The number of carbonyl (C=O) groups excluding carboxylic acids is 3. The minimum Gasteiger partial charge on any atom is -0.479 e. The Kier molecular flexibility index (Phi) is 23.8. The van der Waals surface area contributed by atoms with Crippen molar-refractivity contribution in [3.63, 3.8) is 0 Å². The molecule has 3 heterocycles. The molecule has 0 aliphatic carbocycles. The van der Waals surface area contributed by atoms with Crippen LogP contribution in [0.2, 0.25) is 0 Å². The molecule has 374 valence electrons. The highest BCUT2D eigenvalue weighted by Gasteiger charge is 2.52. The summed E-state index contributed by atoms with van der Waals surface area (Å²) in [7, 11) is 4.86. The van der Waals surface area contributed by atoms with Gasteiger partial charge in [-0.15, -0.1) is 0 Å².